The molecule has 1 aromatic carbocycles. The zero-order chi connectivity index (χ0) is 16.1. The lowest BCUT2D eigenvalue weighted by atomic mass is 10.1. The zero-order valence-electron chi connectivity index (χ0n) is 13.8. The second-order valence-corrected chi connectivity index (χ2v) is 5.69. The summed E-state index contributed by atoms with van der Waals surface area (Å²) in [6, 6.07) is 8.49. The van der Waals surface area contributed by atoms with Crippen molar-refractivity contribution in [3.8, 4) is 0 Å². The second kappa shape index (κ2) is 7.26. The van der Waals surface area contributed by atoms with E-state index in [9.17, 15) is 0 Å². The lowest BCUT2D eigenvalue weighted by Gasteiger charge is -2.13. The van der Waals surface area contributed by atoms with E-state index in [0.717, 1.165) is 43.5 Å². The molecule has 0 bridgehead atoms. The highest BCUT2D eigenvalue weighted by atomic mass is 15.3. The maximum Gasteiger partial charge on any atom is 0.191 e. The molecule has 0 saturated heterocycles. The van der Waals surface area contributed by atoms with Crippen LogP contribution in [-0.4, -0.2) is 27.8 Å². The molecular weight excluding hydrogens is 288 g/mol. The monoisotopic (exact) mass is 312 g/mol. The average molecular weight is 312 g/mol. The Balaban J connectivity index is 1.56. The first-order valence-corrected chi connectivity index (χ1v) is 8.24. The summed E-state index contributed by atoms with van der Waals surface area (Å²) in [5.74, 6) is 2.86. The molecule has 1 aromatic heterocycles. The average Bonchev–Trinajstić information content (AvgIpc) is 3.19. The molecule has 0 amide bonds. The zero-order valence-corrected chi connectivity index (χ0v) is 13.8. The number of benzene rings is 1. The van der Waals surface area contributed by atoms with Crippen molar-refractivity contribution in [1.82, 2.24) is 25.4 Å². The van der Waals surface area contributed by atoms with Crippen LogP contribution in [0.2, 0.25) is 0 Å². The van der Waals surface area contributed by atoms with E-state index in [2.05, 4.69) is 61.6 Å². The summed E-state index contributed by atoms with van der Waals surface area (Å²) >= 11 is 0. The topological polar surface area (TPSA) is 67.1 Å². The van der Waals surface area contributed by atoms with Crippen molar-refractivity contribution in [2.45, 2.75) is 45.8 Å². The number of nitrogens with one attached hydrogen (secondary N) is 2. The smallest absolute Gasteiger partial charge is 0.191 e. The molecule has 6 nitrogen and oxygen atoms in total. The minimum absolute atomic E-state index is 0.641. The molecule has 122 valence electrons. The molecule has 0 radical (unpaired) electrons. The predicted octanol–water partition coefficient (Wildman–Crippen LogP) is 1.65. The highest BCUT2D eigenvalue weighted by Gasteiger charge is 2.17. The van der Waals surface area contributed by atoms with Crippen LogP contribution in [0.3, 0.4) is 0 Å². The van der Waals surface area contributed by atoms with Crippen LogP contribution in [0.5, 0.6) is 0 Å². The minimum Gasteiger partial charge on any atom is -0.352 e. The summed E-state index contributed by atoms with van der Waals surface area (Å²) in [5, 5.41) is 15.2. The fourth-order valence-electron chi connectivity index (χ4n) is 2.98. The molecule has 0 unspecified atom stereocenters. The van der Waals surface area contributed by atoms with Crippen LogP contribution >= 0.6 is 0 Å². The highest BCUT2D eigenvalue weighted by molar-refractivity contribution is 5.79. The molecule has 3 rings (SSSR count). The molecule has 1 aliphatic heterocycles. The Labute approximate surface area is 137 Å². The predicted molar refractivity (Wildman–Crippen MR) is 91.2 cm³/mol. The van der Waals surface area contributed by atoms with Crippen molar-refractivity contribution in [3.63, 3.8) is 0 Å². The minimum atomic E-state index is 0.641. The van der Waals surface area contributed by atoms with E-state index in [-0.39, 0.29) is 0 Å². The summed E-state index contributed by atoms with van der Waals surface area (Å²) in [6.45, 7) is 4.61. The molecule has 0 aliphatic carbocycles. The lowest BCUT2D eigenvalue weighted by molar-refractivity contribution is 0.662. The van der Waals surface area contributed by atoms with Gasteiger partial charge < -0.3 is 15.2 Å². The number of aromatic nitrogens is 3. The van der Waals surface area contributed by atoms with E-state index in [1.807, 2.05) is 0 Å². The number of hydrogen-bond acceptors (Lipinski definition) is 3. The van der Waals surface area contributed by atoms with Gasteiger partial charge in [0.15, 0.2) is 11.8 Å². The van der Waals surface area contributed by atoms with E-state index >= 15 is 0 Å². The molecule has 0 fully saturated rings. The van der Waals surface area contributed by atoms with Gasteiger partial charge in [0.05, 0.1) is 6.54 Å². The number of nitrogens with zero attached hydrogens (tertiary/aromatic N) is 4. The molecule has 23 heavy (non-hydrogen) atoms. The molecule has 6 heteroatoms. The number of hydrogen-bond donors (Lipinski definition) is 2. The van der Waals surface area contributed by atoms with Crippen molar-refractivity contribution in [1.29, 1.82) is 0 Å². The summed E-state index contributed by atoms with van der Waals surface area (Å²) in [5.41, 5.74) is 2.67. The van der Waals surface area contributed by atoms with E-state index in [4.69, 9.17) is 0 Å². The molecule has 2 N–H and O–H groups in total. The second-order valence-electron chi connectivity index (χ2n) is 5.69. The van der Waals surface area contributed by atoms with E-state index in [1.165, 1.54) is 17.5 Å². The van der Waals surface area contributed by atoms with Crippen LogP contribution in [0.1, 0.15) is 36.1 Å². The van der Waals surface area contributed by atoms with Crippen LogP contribution in [0.4, 0.5) is 0 Å². The van der Waals surface area contributed by atoms with Gasteiger partial charge in [0.25, 0.3) is 0 Å². The quantitative estimate of drug-likeness (QED) is 0.651. The van der Waals surface area contributed by atoms with Crippen molar-refractivity contribution < 1.29 is 0 Å². The third-order valence-electron chi connectivity index (χ3n) is 4.27. The van der Waals surface area contributed by atoms with Gasteiger partial charge in [-0.15, -0.1) is 10.2 Å². The van der Waals surface area contributed by atoms with Crippen LogP contribution in [-0.2, 0) is 32.5 Å². The van der Waals surface area contributed by atoms with Gasteiger partial charge in [0, 0.05) is 26.6 Å². The van der Waals surface area contributed by atoms with Gasteiger partial charge in [-0.05, 0) is 24.0 Å². The van der Waals surface area contributed by atoms with E-state index in [0.29, 0.717) is 6.54 Å². The first-order chi connectivity index (χ1) is 11.3. The van der Waals surface area contributed by atoms with Gasteiger partial charge in [-0.25, -0.2) is 0 Å². The molecule has 0 spiro atoms. The SMILES string of the molecule is CCc1ccccc1CNC(=NC)NCc1nnc2n1CCC2. The Morgan fingerprint density at radius 2 is 1.96 bits per heavy atom. The molecule has 2 aromatic rings. The van der Waals surface area contributed by atoms with Crippen molar-refractivity contribution in [3.05, 3.63) is 47.0 Å². The van der Waals surface area contributed by atoms with Crippen LogP contribution in [0.15, 0.2) is 29.3 Å². The Morgan fingerprint density at radius 1 is 1.17 bits per heavy atom. The standard InChI is InChI=1S/C17H24N6/c1-3-13-7-4-5-8-14(13)11-19-17(18-2)20-12-16-22-21-15-9-6-10-23(15)16/h4-5,7-8H,3,6,9-12H2,1-2H3,(H2,18,19,20). The van der Waals surface area contributed by atoms with Gasteiger partial charge in [0.1, 0.15) is 5.82 Å². The van der Waals surface area contributed by atoms with Gasteiger partial charge in [-0.1, -0.05) is 31.2 Å². The first-order valence-electron chi connectivity index (χ1n) is 8.24. The summed E-state index contributed by atoms with van der Waals surface area (Å²) in [4.78, 5) is 4.29. The van der Waals surface area contributed by atoms with Crippen LogP contribution < -0.4 is 10.6 Å². The Hall–Kier alpha value is -2.37. The molecule has 0 atom stereocenters. The van der Waals surface area contributed by atoms with Gasteiger partial charge in [0.2, 0.25) is 0 Å². The number of guanidine groups is 1. The normalized spacial score (nSPS) is 13.9. The molecule has 2 heterocycles. The third kappa shape index (κ3) is 3.52. The van der Waals surface area contributed by atoms with Crippen molar-refractivity contribution in [2.24, 2.45) is 4.99 Å². The van der Waals surface area contributed by atoms with E-state index < -0.39 is 0 Å². The molecule has 1 aliphatic rings. The summed E-state index contributed by atoms with van der Waals surface area (Å²) in [7, 11) is 1.79. The maximum absolute atomic E-state index is 4.29. The number of aliphatic imine (C=N–C) groups is 1. The summed E-state index contributed by atoms with van der Waals surface area (Å²) in [6.07, 6.45) is 3.24. The largest absolute Gasteiger partial charge is 0.352 e. The van der Waals surface area contributed by atoms with Gasteiger partial charge >= 0.3 is 0 Å². The molecular formula is C17H24N6. The number of rotatable bonds is 5. The van der Waals surface area contributed by atoms with Crippen LogP contribution in [0.25, 0.3) is 0 Å². The van der Waals surface area contributed by atoms with Crippen molar-refractivity contribution >= 4 is 5.96 Å². The lowest BCUT2D eigenvalue weighted by Crippen LogP contribution is -2.37. The van der Waals surface area contributed by atoms with Gasteiger partial charge in [-0.3, -0.25) is 4.99 Å². The molecule has 0 saturated carbocycles. The van der Waals surface area contributed by atoms with Gasteiger partial charge in [-0.2, -0.15) is 0 Å². The van der Waals surface area contributed by atoms with Crippen molar-refractivity contribution in [2.75, 3.05) is 7.05 Å². The van der Waals surface area contributed by atoms with E-state index in [1.54, 1.807) is 7.05 Å². The Kier molecular flexibility index (Phi) is 4.90. The fraction of sp³-hybridized carbons (Fsp3) is 0.471. The van der Waals surface area contributed by atoms with Crippen LogP contribution in [0, 0.1) is 0 Å². The first kappa shape index (κ1) is 15.5. The highest BCUT2D eigenvalue weighted by Crippen LogP contribution is 2.13. The maximum atomic E-state index is 4.29. The number of fused-ring (bicyclic) bond motifs is 1. The Morgan fingerprint density at radius 3 is 2.74 bits per heavy atom. The summed E-state index contributed by atoms with van der Waals surface area (Å²) < 4.78 is 2.20. The number of aryl methyl sites for hydroxylation is 2. The Bertz CT molecular complexity index is 688. The fourth-order valence-corrected chi connectivity index (χ4v) is 2.98. The third-order valence-corrected chi connectivity index (χ3v) is 4.27.